The van der Waals surface area contributed by atoms with Gasteiger partial charge in [0.25, 0.3) is 0 Å². The number of hydrogen-bond acceptors (Lipinski definition) is 6. The van der Waals surface area contributed by atoms with Gasteiger partial charge in [0, 0.05) is 11.1 Å². The van der Waals surface area contributed by atoms with Crippen molar-refractivity contribution < 1.29 is 14.7 Å². The van der Waals surface area contributed by atoms with E-state index in [2.05, 4.69) is 19.9 Å². The number of aryl methyl sites for hydroxylation is 2. The molecule has 0 fully saturated rings. The lowest BCUT2D eigenvalue weighted by Crippen LogP contribution is -2.27. The van der Waals surface area contributed by atoms with Crippen molar-refractivity contribution in [2.75, 3.05) is 13.7 Å². The van der Waals surface area contributed by atoms with E-state index >= 15 is 0 Å². The molecule has 0 unspecified atom stereocenters. The molecule has 0 saturated carbocycles. The Hall–Kier alpha value is -3.28. The van der Waals surface area contributed by atoms with Gasteiger partial charge in [0.05, 0.1) is 30.8 Å². The predicted molar refractivity (Wildman–Crippen MR) is 101 cm³/mol. The summed E-state index contributed by atoms with van der Waals surface area (Å²) in [5.41, 5.74) is 5.51. The number of nitrogens with zero attached hydrogens (tertiary/aromatic N) is 3. The topological polar surface area (TPSA) is 83.6 Å². The fraction of sp³-hybridized carbons (Fsp3) is 0.200. The van der Waals surface area contributed by atoms with Gasteiger partial charge in [-0.25, -0.2) is 9.79 Å². The zero-order valence-electron chi connectivity index (χ0n) is 14.9. The molecule has 2 aromatic carbocycles. The number of hydrogen-bond donors (Lipinski definition) is 1. The number of oxime groups is 1. The number of carbonyl (C=O) groups excluding carboxylic acids is 1. The lowest BCUT2D eigenvalue weighted by Gasteiger charge is -2.11. The van der Waals surface area contributed by atoms with Crippen molar-refractivity contribution >= 4 is 28.8 Å². The quantitative estimate of drug-likeness (QED) is 0.400. The van der Waals surface area contributed by atoms with Gasteiger partial charge in [0.2, 0.25) is 5.71 Å². The van der Waals surface area contributed by atoms with Gasteiger partial charge in [0.1, 0.15) is 0 Å². The minimum absolute atomic E-state index is 0.103. The third-order valence-corrected chi connectivity index (χ3v) is 4.20. The Morgan fingerprint density at radius 1 is 1.15 bits per heavy atom. The van der Waals surface area contributed by atoms with Gasteiger partial charge >= 0.3 is 5.97 Å². The van der Waals surface area contributed by atoms with E-state index in [0.29, 0.717) is 5.69 Å². The van der Waals surface area contributed by atoms with Crippen LogP contribution in [0.15, 0.2) is 57.6 Å². The smallest absolute Gasteiger partial charge is 0.362 e. The van der Waals surface area contributed by atoms with Crippen LogP contribution >= 0.6 is 0 Å². The highest BCUT2D eigenvalue weighted by Crippen LogP contribution is 2.28. The maximum atomic E-state index is 11.9. The van der Waals surface area contributed by atoms with Gasteiger partial charge in [-0.1, -0.05) is 41.1 Å². The van der Waals surface area contributed by atoms with Gasteiger partial charge in [0.15, 0.2) is 0 Å². The molecule has 0 bridgehead atoms. The average molecular weight is 349 g/mol. The summed E-state index contributed by atoms with van der Waals surface area (Å²) in [6.07, 6.45) is 0. The lowest BCUT2D eigenvalue weighted by atomic mass is 9.96. The predicted octanol–water partition coefficient (Wildman–Crippen LogP) is 3.23. The second kappa shape index (κ2) is 7.31. The maximum absolute atomic E-state index is 11.9. The highest BCUT2D eigenvalue weighted by atomic mass is 16.5. The molecular weight excluding hydrogens is 330 g/mol. The second-order valence-electron chi connectivity index (χ2n) is 6.00. The molecule has 1 N–H and O–H groups in total. The monoisotopic (exact) mass is 349 g/mol. The molecule has 0 aromatic heterocycles. The Bertz CT molecular complexity index is 959. The van der Waals surface area contributed by atoms with Crippen molar-refractivity contribution in [1.29, 1.82) is 0 Å². The number of rotatable bonds is 3. The van der Waals surface area contributed by atoms with Gasteiger partial charge in [-0.2, -0.15) is 0 Å². The zero-order valence-corrected chi connectivity index (χ0v) is 14.9. The summed E-state index contributed by atoms with van der Waals surface area (Å²) in [4.78, 5) is 21.1. The summed E-state index contributed by atoms with van der Waals surface area (Å²) in [5.74, 6) is -0.755. The van der Waals surface area contributed by atoms with E-state index in [1.165, 1.54) is 7.11 Å². The SMILES string of the molecule is COC(=O)C(=NO)C1=Nc2ccc(C)cc2C(c2ccccc2C)=NC1. The summed E-state index contributed by atoms with van der Waals surface area (Å²) in [6, 6.07) is 13.8. The molecular formula is C20H19N3O3. The lowest BCUT2D eigenvalue weighted by molar-refractivity contribution is -0.132. The first kappa shape index (κ1) is 17.5. The Balaban J connectivity index is 2.20. The summed E-state index contributed by atoms with van der Waals surface area (Å²) in [5, 5.41) is 12.3. The highest BCUT2D eigenvalue weighted by Gasteiger charge is 2.24. The van der Waals surface area contributed by atoms with Crippen molar-refractivity contribution in [2.24, 2.45) is 15.1 Å². The van der Waals surface area contributed by atoms with Crippen LogP contribution < -0.4 is 0 Å². The number of esters is 1. The molecule has 1 aliphatic heterocycles. The molecule has 3 rings (SSSR count). The molecule has 0 radical (unpaired) electrons. The van der Waals surface area contributed by atoms with Crippen LogP contribution in [-0.4, -0.2) is 42.0 Å². The number of benzene rings is 2. The first-order valence-corrected chi connectivity index (χ1v) is 8.15. The van der Waals surface area contributed by atoms with Crippen molar-refractivity contribution in [3.63, 3.8) is 0 Å². The summed E-state index contributed by atoms with van der Waals surface area (Å²) in [6.45, 7) is 4.13. The molecule has 132 valence electrons. The summed E-state index contributed by atoms with van der Waals surface area (Å²) in [7, 11) is 1.23. The van der Waals surface area contributed by atoms with Crippen LogP contribution in [-0.2, 0) is 9.53 Å². The first-order chi connectivity index (χ1) is 12.5. The van der Waals surface area contributed by atoms with E-state index in [0.717, 1.165) is 28.0 Å². The van der Waals surface area contributed by atoms with Crippen LogP contribution in [0.5, 0.6) is 0 Å². The number of carbonyl (C=O) groups is 1. The van der Waals surface area contributed by atoms with Crippen molar-refractivity contribution in [3.05, 3.63) is 64.7 Å². The molecule has 2 aromatic rings. The summed E-state index contributed by atoms with van der Waals surface area (Å²) >= 11 is 0. The van der Waals surface area contributed by atoms with E-state index in [4.69, 9.17) is 0 Å². The first-order valence-electron chi connectivity index (χ1n) is 8.15. The van der Waals surface area contributed by atoms with Crippen molar-refractivity contribution in [2.45, 2.75) is 13.8 Å². The Morgan fingerprint density at radius 2 is 1.92 bits per heavy atom. The average Bonchev–Trinajstić information content (AvgIpc) is 2.82. The van der Waals surface area contributed by atoms with E-state index in [1.54, 1.807) is 0 Å². The minimum atomic E-state index is -0.755. The molecule has 0 aliphatic carbocycles. The van der Waals surface area contributed by atoms with Crippen molar-refractivity contribution in [1.82, 2.24) is 0 Å². The van der Waals surface area contributed by atoms with Crippen LogP contribution in [0.1, 0.15) is 22.3 Å². The van der Waals surface area contributed by atoms with Crippen LogP contribution in [0.25, 0.3) is 0 Å². The van der Waals surface area contributed by atoms with Gasteiger partial charge < -0.3 is 9.94 Å². The Morgan fingerprint density at radius 3 is 2.62 bits per heavy atom. The molecule has 1 heterocycles. The molecule has 1 aliphatic rings. The molecule has 0 saturated heterocycles. The molecule has 0 amide bonds. The third-order valence-electron chi connectivity index (χ3n) is 4.20. The van der Waals surface area contributed by atoms with Crippen LogP contribution in [0.3, 0.4) is 0 Å². The second-order valence-corrected chi connectivity index (χ2v) is 6.00. The number of fused-ring (bicyclic) bond motifs is 1. The Labute approximate surface area is 151 Å². The molecule has 26 heavy (non-hydrogen) atoms. The van der Waals surface area contributed by atoms with Crippen LogP contribution in [0.4, 0.5) is 5.69 Å². The van der Waals surface area contributed by atoms with Crippen LogP contribution in [0, 0.1) is 13.8 Å². The number of methoxy groups -OCH3 is 1. The van der Waals surface area contributed by atoms with E-state index < -0.39 is 5.97 Å². The highest BCUT2D eigenvalue weighted by molar-refractivity contribution is 6.66. The third kappa shape index (κ3) is 3.26. The zero-order chi connectivity index (χ0) is 18.7. The van der Waals surface area contributed by atoms with Crippen molar-refractivity contribution in [3.8, 4) is 0 Å². The van der Waals surface area contributed by atoms with Gasteiger partial charge in [-0.05, 0) is 31.5 Å². The molecule has 6 heteroatoms. The standard InChI is InChI=1S/C20H19N3O3/c1-12-8-9-16-15(10-12)18(14-7-5-4-6-13(14)2)21-11-17(22-16)19(23-25)20(24)26-3/h4-10,25H,11H2,1-3H3. The molecule has 0 atom stereocenters. The Kier molecular flexibility index (Phi) is 4.93. The fourth-order valence-electron chi connectivity index (χ4n) is 2.87. The van der Waals surface area contributed by atoms with Gasteiger partial charge in [-0.3, -0.25) is 4.99 Å². The normalized spacial score (nSPS) is 14.0. The number of aliphatic imine (C=N–C) groups is 2. The minimum Gasteiger partial charge on any atom is -0.464 e. The maximum Gasteiger partial charge on any atom is 0.362 e. The van der Waals surface area contributed by atoms with E-state index in [-0.39, 0.29) is 18.0 Å². The summed E-state index contributed by atoms with van der Waals surface area (Å²) < 4.78 is 4.68. The largest absolute Gasteiger partial charge is 0.464 e. The van der Waals surface area contributed by atoms with Crippen LogP contribution in [0.2, 0.25) is 0 Å². The van der Waals surface area contributed by atoms with E-state index in [9.17, 15) is 10.0 Å². The van der Waals surface area contributed by atoms with Gasteiger partial charge in [-0.15, -0.1) is 0 Å². The fourth-order valence-corrected chi connectivity index (χ4v) is 2.87. The molecule has 6 nitrogen and oxygen atoms in total. The van der Waals surface area contributed by atoms with E-state index in [1.807, 2.05) is 56.3 Å². The number of ether oxygens (including phenoxy) is 1. The molecule has 0 spiro atoms.